The molecule has 2 aliphatic heterocycles. The van der Waals surface area contributed by atoms with E-state index >= 15 is 0 Å². The van der Waals surface area contributed by atoms with Gasteiger partial charge in [0.15, 0.2) is 11.4 Å². The van der Waals surface area contributed by atoms with Gasteiger partial charge in [0.1, 0.15) is 11.6 Å². The first-order valence-corrected chi connectivity index (χ1v) is 18.1. The second-order valence-electron chi connectivity index (χ2n) is 12.3. The number of nitrogens with one attached hydrogen (secondary N) is 1. The van der Waals surface area contributed by atoms with E-state index < -0.39 is 11.4 Å². The molecule has 1 fully saturated rings. The normalized spacial score (nSPS) is 16.9. The summed E-state index contributed by atoms with van der Waals surface area (Å²) in [6, 6.07) is 13.7. The summed E-state index contributed by atoms with van der Waals surface area (Å²) in [7, 11) is 1.76. The molecule has 12 heteroatoms. The van der Waals surface area contributed by atoms with Crippen LogP contribution in [0.15, 0.2) is 52.7 Å². The second-order valence-corrected chi connectivity index (χ2v) is 13.4. The molecule has 0 aliphatic carbocycles. The van der Waals surface area contributed by atoms with Crippen molar-refractivity contribution in [3.05, 3.63) is 53.6 Å². The number of hydrogen-bond acceptors (Lipinski definition) is 9. The highest BCUT2D eigenvalue weighted by Crippen LogP contribution is 2.33. The number of thioether (sulfide) groups is 1. The number of likely N-dealkylation sites (tertiary alicyclic amines) is 1. The maximum Gasteiger partial charge on any atom is 0.268 e. The Morgan fingerprint density at radius 1 is 1.00 bits per heavy atom. The van der Waals surface area contributed by atoms with Gasteiger partial charge in [-0.25, -0.2) is 4.68 Å². The number of rotatable bonds is 16. The second kappa shape index (κ2) is 16.8. The van der Waals surface area contributed by atoms with Crippen molar-refractivity contribution in [2.75, 3.05) is 23.4 Å². The van der Waals surface area contributed by atoms with Gasteiger partial charge in [-0.15, -0.1) is 5.10 Å². The van der Waals surface area contributed by atoms with Crippen LogP contribution < -0.4 is 15.1 Å². The molecule has 1 N–H and O–H groups in total. The highest BCUT2D eigenvalue weighted by molar-refractivity contribution is 8.01. The van der Waals surface area contributed by atoms with Crippen LogP contribution >= 0.6 is 11.8 Å². The Morgan fingerprint density at radius 3 is 2.38 bits per heavy atom. The molecule has 0 bridgehead atoms. The number of amidine groups is 1. The van der Waals surface area contributed by atoms with Crippen LogP contribution in [0, 0.1) is 0 Å². The van der Waals surface area contributed by atoms with Gasteiger partial charge < -0.3 is 15.0 Å². The lowest BCUT2D eigenvalue weighted by Crippen LogP contribution is -2.37. The minimum absolute atomic E-state index is 0.151. The fraction of sp³-hybridized carbons (Fsp3) is 0.543. The van der Waals surface area contributed by atoms with E-state index in [4.69, 9.17) is 9.84 Å². The molecule has 0 radical (unpaired) electrons. The number of carbonyl (C=O) groups is 2. The number of carbonyl (C=O) groups excluding carboxylic acids is 2. The van der Waals surface area contributed by atoms with E-state index in [0.29, 0.717) is 23.0 Å². The van der Waals surface area contributed by atoms with Gasteiger partial charge in [0, 0.05) is 25.8 Å². The van der Waals surface area contributed by atoms with E-state index in [1.54, 1.807) is 36.0 Å². The SMILES string of the molecule is CCCCCc1ccc(OC(CC)C(=O)Nc2ccc(N3N=C(N4CCCC4)C(Sc4nnnn4C)C3=O)cc2)c(CCCCC)c1. The van der Waals surface area contributed by atoms with Crippen LogP contribution in [0.1, 0.15) is 89.7 Å². The number of unbranched alkanes of at least 4 members (excludes halogenated alkanes) is 4. The summed E-state index contributed by atoms with van der Waals surface area (Å²) in [5.41, 5.74) is 3.77. The molecule has 1 saturated heterocycles. The van der Waals surface area contributed by atoms with Crippen LogP contribution in [0.4, 0.5) is 11.4 Å². The Bertz CT molecular complexity index is 1520. The molecular weight excluding hydrogens is 613 g/mol. The molecule has 3 aromatic rings. The first kappa shape index (κ1) is 34.4. The highest BCUT2D eigenvalue weighted by Gasteiger charge is 2.42. The van der Waals surface area contributed by atoms with Gasteiger partial charge in [0.05, 0.1) is 5.69 Å². The summed E-state index contributed by atoms with van der Waals surface area (Å²) in [4.78, 5) is 29.3. The molecule has 3 heterocycles. The Morgan fingerprint density at radius 2 is 1.72 bits per heavy atom. The van der Waals surface area contributed by atoms with Crippen molar-refractivity contribution in [2.24, 2.45) is 12.1 Å². The standard InChI is InChI=1S/C35H48N8O3S/c1-5-8-10-14-25-16-21-30(26(24-25)15-11-9-6-2)46-29(7-3)33(44)36-27-17-19-28(20-18-27)43-34(45)31(47-35-37-39-40-41(35)4)32(38-43)42-22-12-13-23-42/h16-21,24,29,31H,5-15,22-23H2,1-4H3,(H,36,44). The Labute approximate surface area is 282 Å². The zero-order chi connectivity index (χ0) is 33.2. The molecule has 47 heavy (non-hydrogen) atoms. The smallest absolute Gasteiger partial charge is 0.268 e. The number of hydrazone groups is 1. The maximum atomic E-state index is 13.7. The van der Waals surface area contributed by atoms with Crippen LogP contribution in [-0.4, -0.2) is 67.2 Å². The van der Waals surface area contributed by atoms with Crippen molar-refractivity contribution in [2.45, 2.75) is 108 Å². The number of ether oxygens (including phenoxy) is 1. The molecule has 2 aliphatic rings. The quantitative estimate of drug-likeness (QED) is 0.176. The lowest BCUT2D eigenvalue weighted by Gasteiger charge is -2.20. The van der Waals surface area contributed by atoms with Crippen LogP contribution in [-0.2, 0) is 29.5 Å². The third-order valence-corrected chi connectivity index (χ3v) is 9.86. The van der Waals surface area contributed by atoms with Gasteiger partial charge in [-0.2, -0.15) is 10.1 Å². The average Bonchev–Trinajstić information content (AvgIpc) is 3.83. The summed E-state index contributed by atoms with van der Waals surface area (Å²) in [6.07, 6.45) is 11.1. The van der Waals surface area contributed by atoms with Gasteiger partial charge in [0.2, 0.25) is 5.16 Å². The third-order valence-electron chi connectivity index (χ3n) is 8.66. The average molecular weight is 661 g/mol. The summed E-state index contributed by atoms with van der Waals surface area (Å²) in [5.74, 6) is 1.17. The van der Waals surface area contributed by atoms with Crippen molar-refractivity contribution in [1.29, 1.82) is 0 Å². The van der Waals surface area contributed by atoms with Crippen LogP contribution in [0.3, 0.4) is 0 Å². The van der Waals surface area contributed by atoms with Crippen molar-refractivity contribution in [3.63, 3.8) is 0 Å². The predicted octanol–water partition coefficient (Wildman–Crippen LogP) is 6.39. The Hall–Kier alpha value is -3.93. The first-order chi connectivity index (χ1) is 22.9. The van der Waals surface area contributed by atoms with Crippen molar-refractivity contribution < 1.29 is 14.3 Å². The minimum Gasteiger partial charge on any atom is -0.480 e. The highest BCUT2D eigenvalue weighted by atomic mass is 32.2. The van der Waals surface area contributed by atoms with Crippen LogP contribution in [0.2, 0.25) is 0 Å². The number of nitrogens with zero attached hydrogens (tertiary/aromatic N) is 7. The lowest BCUT2D eigenvalue weighted by molar-refractivity contribution is -0.122. The van der Waals surface area contributed by atoms with E-state index in [2.05, 4.69) is 51.7 Å². The third kappa shape index (κ3) is 8.71. The van der Waals surface area contributed by atoms with Crippen molar-refractivity contribution in [3.8, 4) is 5.75 Å². The van der Waals surface area contributed by atoms with E-state index in [0.717, 1.165) is 63.2 Å². The number of benzene rings is 2. The van der Waals surface area contributed by atoms with Gasteiger partial charge in [-0.05, 0) is 96.8 Å². The van der Waals surface area contributed by atoms with Crippen molar-refractivity contribution in [1.82, 2.24) is 25.1 Å². The summed E-state index contributed by atoms with van der Waals surface area (Å²) in [5, 5.41) is 20.9. The Kier molecular flexibility index (Phi) is 12.3. The van der Waals surface area contributed by atoms with Gasteiger partial charge in [-0.3, -0.25) is 9.59 Å². The van der Waals surface area contributed by atoms with E-state index in [9.17, 15) is 9.59 Å². The summed E-state index contributed by atoms with van der Waals surface area (Å²) < 4.78 is 7.94. The molecule has 2 aromatic carbocycles. The zero-order valence-electron chi connectivity index (χ0n) is 28.2. The fourth-order valence-corrected chi connectivity index (χ4v) is 6.93. The first-order valence-electron chi connectivity index (χ1n) is 17.2. The monoisotopic (exact) mass is 660 g/mol. The number of aryl methyl sites for hydroxylation is 3. The molecule has 2 amide bonds. The molecule has 0 spiro atoms. The zero-order valence-corrected chi connectivity index (χ0v) is 29.0. The number of aromatic nitrogens is 4. The molecule has 2 atom stereocenters. The maximum absolute atomic E-state index is 13.7. The van der Waals surface area contributed by atoms with Crippen molar-refractivity contribution >= 4 is 40.8 Å². The molecule has 1 aromatic heterocycles. The van der Waals surface area contributed by atoms with Gasteiger partial charge >= 0.3 is 0 Å². The van der Waals surface area contributed by atoms with E-state index in [1.807, 2.05) is 13.0 Å². The van der Waals surface area contributed by atoms with Crippen LogP contribution in [0.25, 0.3) is 0 Å². The minimum atomic E-state index is -0.633. The molecule has 5 rings (SSSR count). The predicted molar refractivity (Wildman–Crippen MR) is 187 cm³/mol. The van der Waals surface area contributed by atoms with Gasteiger partial charge in [0.25, 0.3) is 11.8 Å². The Balaban J connectivity index is 1.26. The number of anilines is 2. The molecular formula is C35H48N8O3S. The number of tetrazole rings is 1. The molecule has 2 unspecified atom stereocenters. The molecule has 0 saturated carbocycles. The topological polar surface area (TPSA) is 118 Å². The summed E-state index contributed by atoms with van der Waals surface area (Å²) >= 11 is 1.31. The summed E-state index contributed by atoms with van der Waals surface area (Å²) in [6.45, 7) is 8.12. The van der Waals surface area contributed by atoms with Crippen LogP contribution in [0.5, 0.6) is 5.75 Å². The number of amides is 2. The van der Waals surface area contributed by atoms with Gasteiger partial charge in [-0.1, -0.05) is 70.3 Å². The van der Waals surface area contributed by atoms with E-state index in [1.165, 1.54) is 53.6 Å². The van der Waals surface area contributed by atoms with E-state index in [-0.39, 0.29) is 11.8 Å². The fourth-order valence-electron chi connectivity index (χ4n) is 5.94. The number of hydrogen-bond donors (Lipinski definition) is 1. The largest absolute Gasteiger partial charge is 0.480 e. The molecule has 252 valence electrons. The lowest BCUT2D eigenvalue weighted by atomic mass is 10.00. The molecule has 11 nitrogen and oxygen atoms in total.